The normalized spacial score (nSPS) is 0. The third-order valence-electron chi connectivity index (χ3n) is 0. The van der Waals surface area contributed by atoms with E-state index in [0.717, 1.165) is 0 Å². The van der Waals surface area contributed by atoms with Gasteiger partial charge in [0.1, 0.15) is 0 Å². The fourth-order valence-electron chi connectivity index (χ4n) is 0. The molecule has 0 aliphatic rings. The first-order valence-electron chi connectivity index (χ1n) is 0. The van der Waals surface area contributed by atoms with E-state index in [1.54, 1.807) is 0 Å². The Kier molecular flexibility index (Phi) is 159. The van der Waals surface area contributed by atoms with Gasteiger partial charge in [-0.25, -0.2) is 0 Å². The molecule has 0 aromatic heterocycles. The van der Waals surface area contributed by atoms with Crippen LogP contribution in [0.2, 0.25) is 0 Å². The van der Waals surface area contributed by atoms with Crippen molar-refractivity contribution in [2.24, 2.45) is 0 Å². The van der Waals surface area contributed by atoms with Crippen LogP contribution in [0.25, 0.3) is 0 Å². The third kappa shape index (κ3) is 17.7. The standard InChI is InChI=1S/2Au.Ce.Co.La. The average molecular weight is 732 g/mol. The van der Waals surface area contributed by atoms with Gasteiger partial charge in [0.2, 0.25) is 0 Å². The fourth-order valence-corrected chi connectivity index (χ4v) is 0. The molecule has 0 unspecified atom stereocenters. The molecule has 0 saturated carbocycles. The van der Waals surface area contributed by atoms with Crippen LogP contribution in [0.3, 0.4) is 0 Å². The summed E-state index contributed by atoms with van der Waals surface area (Å²) in [5.74, 6) is 0. The van der Waals surface area contributed by atoms with Gasteiger partial charge >= 0.3 is 0 Å². The zero-order valence-electron chi connectivity index (χ0n) is 2.01. The van der Waals surface area contributed by atoms with Crippen molar-refractivity contribution in [3.05, 3.63) is 0 Å². The van der Waals surface area contributed by atoms with Crippen LogP contribution in [0.1, 0.15) is 0 Å². The summed E-state index contributed by atoms with van der Waals surface area (Å²) in [6.45, 7) is 0. The maximum Gasteiger partial charge on any atom is 0 e. The van der Waals surface area contributed by atoms with Crippen LogP contribution in [-0.4, -0.2) is 0 Å². The predicted molar refractivity (Wildman–Crippen MR) is 0 cm³/mol. The monoisotopic (exact) mass is 732 g/mol. The first-order valence-corrected chi connectivity index (χ1v) is 0. The van der Waals surface area contributed by atoms with E-state index < -0.39 is 0 Å². The molecule has 0 amide bonds. The molecule has 0 rings (SSSR count). The number of hydrogen-bond donors (Lipinski definition) is 0. The smallest absolute Gasteiger partial charge is 0 e. The molecule has 0 aliphatic carbocycles. The molecule has 0 bridgehead atoms. The topological polar surface area (TPSA) is 0 Å². The van der Waals surface area contributed by atoms with Crippen molar-refractivity contribution < 1.29 is 139 Å². The van der Waals surface area contributed by atoms with E-state index in [0.29, 0.717) is 0 Å². The molecule has 0 aromatic carbocycles. The minimum absolute atomic E-state index is 0. The zero-order valence-corrected chi connectivity index (χ0v) is 14.2. The predicted octanol–water partition coefficient (Wildman–Crippen LogP) is -0.00750. The Morgan fingerprint density at radius 2 is 0.800 bits per heavy atom. The van der Waals surface area contributed by atoms with Crippen molar-refractivity contribution in [1.82, 2.24) is 0 Å². The van der Waals surface area contributed by atoms with Gasteiger partial charge in [-0.2, -0.15) is 0 Å². The molecular formula is Au2CeCoLa. The van der Waals surface area contributed by atoms with Gasteiger partial charge in [0, 0.05) is 139 Å². The summed E-state index contributed by atoms with van der Waals surface area (Å²) >= 11 is 0. The fraction of sp³-hybridized carbons (Fsp3) is 0. The molecule has 0 saturated heterocycles. The molecular weight excluding hydrogens is 732 g/mol. The Morgan fingerprint density at radius 3 is 0.800 bits per heavy atom. The van der Waals surface area contributed by atoms with Gasteiger partial charge < -0.3 is 0 Å². The van der Waals surface area contributed by atoms with Crippen molar-refractivity contribution in [1.29, 1.82) is 0 Å². The maximum absolute atomic E-state index is 0. The summed E-state index contributed by atoms with van der Waals surface area (Å²) in [4.78, 5) is 0. The van der Waals surface area contributed by atoms with Gasteiger partial charge in [-0.05, 0) is 0 Å². The minimum Gasteiger partial charge on any atom is 0 e. The molecule has 38 valence electrons. The Labute approximate surface area is 135 Å². The van der Waals surface area contributed by atoms with E-state index in [1.807, 2.05) is 0 Å². The van der Waals surface area contributed by atoms with Crippen molar-refractivity contribution >= 4 is 0 Å². The molecule has 5 heteroatoms. The van der Waals surface area contributed by atoms with E-state index in [1.165, 1.54) is 0 Å². The molecule has 0 fully saturated rings. The van der Waals surface area contributed by atoms with Crippen LogP contribution < -0.4 is 0 Å². The van der Waals surface area contributed by atoms with E-state index >= 15 is 0 Å². The van der Waals surface area contributed by atoms with Gasteiger partial charge in [-0.15, -0.1) is 0 Å². The van der Waals surface area contributed by atoms with Gasteiger partial charge in [0.25, 0.3) is 0 Å². The SMILES string of the molecule is [Au].[Au].[Ce].[Co].[La]. The van der Waals surface area contributed by atoms with Crippen LogP contribution in [0.4, 0.5) is 0 Å². The van der Waals surface area contributed by atoms with Gasteiger partial charge in [0.15, 0.2) is 0 Å². The van der Waals surface area contributed by atoms with Crippen molar-refractivity contribution in [2.75, 3.05) is 0 Å². The van der Waals surface area contributed by atoms with Crippen LogP contribution in [0.5, 0.6) is 0 Å². The van der Waals surface area contributed by atoms with E-state index in [2.05, 4.69) is 0 Å². The molecule has 4 radical (unpaired) electrons. The maximum atomic E-state index is 0. The molecule has 0 aliphatic heterocycles. The molecule has 0 atom stereocenters. The molecule has 0 aromatic rings. The summed E-state index contributed by atoms with van der Waals surface area (Å²) in [5.41, 5.74) is 0. The number of rotatable bonds is 0. The van der Waals surface area contributed by atoms with Crippen molar-refractivity contribution in [3.8, 4) is 0 Å². The second-order valence-electron chi connectivity index (χ2n) is 0. The minimum atomic E-state index is 0. The largest absolute Gasteiger partial charge is 0 e. The Balaban J connectivity index is 0. The summed E-state index contributed by atoms with van der Waals surface area (Å²) in [5, 5.41) is 0. The summed E-state index contributed by atoms with van der Waals surface area (Å²) < 4.78 is 0. The van der Waals surface area contributed by atoms with E-state index in [4.69, 9.17) is 0 Å². The first-order chi connectivity index (χ1) is 0. The Morgan fingerprint density at radius 1 is 0.800 bits per heavy atom. The van der Waals surface area contributed by atoms with E-state index in [-0.39, 0.29) is 139 Å². The van der Waals surface area contributed by atoms with Crippen molar-refractivity contribution in [3.63, 3.8) is 0 Å². The van der Waals surface area contributed by atoms with Crippen LogP contribution >= 0.6 is 0 Å². The second kappa shape index (κ2) is 23.5. The van der Waals surface area contributed by atoms with Gasteiger partial charge in [-0.3, -0.25) is 0 Å². The van der Waals surface area contributed by atoms with Crippen LogP contribution in [0, 0.1) is 77.3 Å². The molecule has 0 spiro atoms. The van der Waals surface area contributed by atoms with Gasteiger partial charge in [0.05, 0.1) is 0 Å². The Bertz CT molecular complexity index is 9.61. The second-order valence-corrected chi connectivity index (χ2v) is 0. The summed E-state index contributed by atoms with van der Waals surface area (Å²) in [6.07, 6.45) is 0. The molecule has 5 heavy (non-hydrogen) atoms. The molecule has 0 heterocycles. The van der Waals surface area contributed by atoms with Gasteiger partial charge in [-0.1, -0.05) is 0 Å². The quantitative estimate of drug-likeness (QED) is 0.308. The molecule has 0 nitrogen and oxygen atoms in total. The molecule has 0 N–H and O–H groups in total. The Hall–Kier alpha value is 4.56. The van der Waals surface area contributed by atoms with E-state index in [9.17, 15) is 0 Å². The van der Waals surface area contributed by atoms with Crippen molar-refractivity contribution in [2.45, 2.75) is 0 Å². The average Bonchev–Trinajstić information content (AvgIpc) is 0. The van der Waals surface area contributed by atoms with Crippen LogP contribution in [0.15, 0.2) is 0 Å². The first kappa shape index (κ1) is 33.7. The number of hydrogen-bond acceptors (Lipinski definition) is 0. The summed E-state index contributed by atoms with van der Waals surface area (Å²) in [6, 6.07) is 0. The third-order valence-corrected chi connectivity index (χ3v) is 0. The van der Waals surface area contributed by atoms with Crippen LogP contribution in [-0.2, 0) is 61.5 Å². The summed E-state index contributed by atoms with van der Waals surface area (Å²) in [7, 11) is 0. The zero-order chi connectivity index (χ0) is 0.